The van der Waals surface area contributed by atoms with Crippen LogP contribution in [0.4, 0.5) is 0 Å². The molecule has 0 spiro atoms. The van der Waals surface area contributed by atoms with Crippen LogP contribution in [0.3, 0.4) is 0 Å². The Morgan fingerprint density at radius 2 is 2.46 bits per heavy atom. The van der Waals surface area contributed by atoms with E-state index in [1.807, 2.05) is 6.08 Å². The largest absolute Gasteiger partial charge is 0.428 e. The van der Waals surface area contributed by atoms with Gasteiger partial charge in [-0.15, -0.1) is 0 Å². The van der Waals surface area contributed by atoms with E-state index in [1.165, 1.54) is 0 Å². The lowest BCUT2D eigenvalue weighted by Gasteiger charge is -2.13. The van der Waals surface area contributed by atoms with Gasteiger partial charge >= 0.3 is 5.97 Å². The molecule has 0 atom stereocenters. The first-order valence-corrected chi connectivity index (χ1v) is 4.43. The molecule has 3 heteroatoms. The molecule has 1 N–H and O–H groups in total. The minimum atomic E-state index is -0.306. The number of carbonyl (C=O) groups excluding carboxylic acids is 1. The number of esters is 1. The Hall–Kier alpha value is -1.09. The molecule has 1 aliphatic rings. The molecule has 0 amide bonds. The van der Waals surface area contributed by atoms with Gasteiger partial charge in [-0.05, 0) is 25.8 Å². The quantitative estimate of drug-likeness (QED) is 0.530. The number of carbonyl (C=O) groups is 1. The number of allylic oxidation sites excluding steroid dienone is 2. The van der Waals surface area contributed by atoms with Crippen LogP contribution in [-0.2, 0) is 9.53 Å². The molecule has 0 saturated heterocycles. The van der Waals surface area contributed by atoms with E-state index in [2.05, 4.69) is 0 Å². The van der Waals surface area contributed by atoms with Crippen LogP contribution in [0.1, 0.15) is 26.2 Å². The summed E-state index contributed by atoms with van der Waals surface area (Å²) in [6, 6.07) is 0. The van der Waals surface area contributed by atoms with E-state index in [4.69, 9.17) is 9.84 Å². The number of hydrogen-bond donors (Lipinski definition) is 1. The summed E-state index contributed by atoms with van der Waals surface area (Å²) in [6.07, 6.45) is 5.94. The predicted octanol–water partition coefficient (Wildman–Crippen LogP) is 1.54. The van der Waals surface area contributed by atoms with Crippen LogP contribution in [0.25, 0.3) is 0 Å². The number of aliphatic hydroxyl groups excluding tert-OH is 1. The first-order chi connectivity index (χ1) is 6.24. The van der Waals surface area contributed by atoms with Gasteiger partial charge in [0.2, 0.25) is 0 Å². The molecule has 0 unspecified atom stereocenters. The Morgan fingerprint density at radius 3 is 2.92 bits per heavy atom. The lowest BCUT2D eigenvalue weighted by Crippen LogP contribution is -2.09. The van der Waals surface area contributed by atoms with Crippen molar-refractivity contribution in [3.63, 3.8) is 0 Å². The monoisotopic (exact) mass is 182 g/mol. The fourth-order valence-electron chi connectivity index (χ4n) is 0.919. The van der Waals surface area contributed by atoms with Gasteiger partial charge in [0.05, 0.1) is 0 Å². The summed E-state index contributed by atoms with van der Waals surface area (Å²) in [7, 11) is 0. The molecule has 0 aliphatic heterocycles. The molecule has 1 rings (SSSR count). The molecule has 3 nitrogen and oxygen atoms in total. The Bertz CT molecular complexity index is 251. The van der Waals surface area contributed by atoms with E-state index in [-0.39, 0.29) is 12.6 Å². The lowest BCUT2D eigenvalue weighted by atomic mass is 10.1. The van der Waals surface area contributed by atoms with Gasteiger partial charge in [0, 0.05) is 18.6 Å². The van der Waals surface area contributed by atoms with Gasteiger partial charge in [0.15, 0.2) is 0 Å². The van der Waals surface area contributed by atoms with Crippen LogP contribution >= 0.6 is 0 Å². The van der Waals surface area contributed by atoms with Gasteiger partial charge < -0.3 is 9.84 Å². The smallest absolute Gasteiger partial charge is 0.338 e. The van der Waals surface area contributed by atoms with E-state index in [9.17, 15) is 4.79 Å². The maximum Gasteiger partial charge on any atom is 0.338 e. The van der Waals surface area contributed by atoms with E-state index in [1.54, 1.807) is 13.0 Å². The first kappa shape index (κ1) is 9.99. The highest BCUT2D eigenvalue weighted by molar-refractivity contribution is 5.88. The van der Waals surface area contributed by atoms with Crippen molar-refractivity contribution in [3.8, 4) is 0 Å². The van der Waals surface area contributed by atoms with Crippen LogP contribution < -0.4 is 0 Å². The second kappa shape index (κ2) is 4.82. The highest BCUT2D eigenvalue weighted by Crippen LogP contribution is 2.20. The Labute approximate surface area is 77.7 Å². The molecule has 1 aliphatic carbocycles. The van der Waals surface area contributed by atoms with E-state index in [0.29, 0.717) is 12.0 Å². The van der Waals surface area contributed by atoms with Crippen molar-refractivity contribution in [2.45, 2.75) is 26.2 Å². The summed E-state index contributed by atoms with van der Waals surface area (Å²) >= 11 is 0. The molecule has 72 valence electrons. The third-order valence-corrected chi connectivity index (χ3v) is 1.89. The molecule has 0 fully saturated rings. The van der Waals surface area contributed by atoms with Gasteiger partial charge in [0.1, 0.15) is 5.76 Å². The van der Waals surface area contributed by atoms with E-state index >= 15 is 0 Å². The van der Waals surface area contributed by atoms with Crippen molar-refractivity contribution < 1.29 is 14.6 Å². The van der Waals surface area contributed by atoms with Crippen LogP contribution in [-0.4, -0.2) is 17.7 Å². The summed E-state index contributed by atoms with van der Waals surface area (Å²) in [4.78, 5) is 11.2. The summed E-state index contributed by atoms with van der Waals surface area (Å²) in [6.45, 7) is 1.75. The van der Waals surface area contributed by atoms with E-state index < -0.39 is 0 Å². The Balaban J connectivity index is 2.37. The average Bonchev–Trinajstić information content (AvgIpc) is 2.06. The molecular weight excluding hydrogens is 168 g/mol. The Kier molecular flexibility index (Phi) is 3.71. The van der Waals surface area contributed by atoms with Gasteiger partial charge in [-0.2, -0.15) is 0 Å². The molecule has 0 saturated carbocycles. The number of rotatable bonds is 4. The van der Waals surface area contributed by atoms with Crippen LogP contribution in [0.2, 0.25) is 0 Å². The van der Waals surface area contributed by atoms with Crippen molar-refractivity contribution in [3.05, 3.63) is 23.5 Å². The molecule has 0 bridgehead atoms. The number of aliphatic hydroxyl groups is 1. The summed E-state index contributed by atoms with van der Waals surface area (Å²) < 4.78 is 5.02. The van der Waals surface area contributed by atoms with Gasteiger partial charge in [-0.3, -0.25) is 0 Å². The zero-order chi connectivity index (χ0) is 9.68. The fourth-order valence-corrected chi connectivity index (χ4v) is 0.919. The molecule has 13 heavy (non-hydrogen) atoms. The van der Waals surface area contributed by atoms with Crippen molar-refractivity contribution in [2.24, 2.45) is 0 Å². The molecule has 0 heterocycles. The maximum absolute atomic E-state index is 11.2. The summed E-state index contributed by atoms with van der Waals surface area (Å²) in [5.41, 5.74) is 0.557. The van der Waals surface area contributed by atoms with Gasteiger partial charge in [-0.1, -0.05) is 6.08 Å². The van der Waals surface area contributed by atoms with Crippen molar-refractivity contribution in [1.29, 1.82) is 0 Å². The maximum atomic E-state index is 11.2. The van der Waals surface area contributed by atoms with E-state index in [0.717, 1.165) is 18.6 Å². The second-order valence-corrected chi connectivity index (χ2v) is 3.00. The average molecular weight is 182 g/mol. The van der Waals surface area contributed by atoms with Crippen molar-refractivity contribution in [2.75, 3.05) is 6.61 Å². The normalized spacial score (nSPS) is 16.2. The fraction of sp³-hybridized carbons (Fsp3) is 0.500. The number of hydrogen-bond acceptors (Lipinski definition) is 3. The van der Waals surface area contributed by atoms with Crippen molar-refractivity contribution in [1.82, 2.24) is 0 Å². The lowest BCUT2D eigenvalue weighted by molar-refractivity contribution is -0.135. The SMILES string of the molecule is CC(=CCCO)C(=O)OC1=CCC1. The zero-order valence-corrected chi connectivity index (χ0v) is 7.75. The van der Waals surface area contributed by atoms with Crippen molar-refractivity contribution >= 4 is 5.97 Å². The third kappa shape index (κ3) is 3.03. The number of ether oxygens (including phenoxy) is 1. The molecular formula is C10H14O3. The van der Waals surface area contributed by atoms with Gasteiger partial charge in [0.25, 0.3) is 0 Å². The van der Waals surface area contributed by atoms with Crippen LogP contribution in [0.5, 0.6) is 0 Å². The molecule has 0 aromatic heterocycles. The summed E-state index contributed by atoms with van der Waals surface area (Å²) in [5, 5.41) is 8.53. The standard InChI is InChI=1S/C10H14O3/c1-8(4-3-7-11)10(12)13-9-5-2-6-9/h4-5,11H,2-3,6-7H2,1H3. The molecule has 0 aromatic rings. The zero-order valence-electron chi connectivity index (χ0n) is 7.75. The minimum absolute atomic E-state index is 0.0628. The predicted molar refractivity (Wildman–Crippen MR) is 48.9 cm³/mol. The Morgan fingerprint density at radius 1 is 1.77 bits per heavy atom. The van der Waals surface area contributed by atoms with Crippen LogP contribution in [0.15, 0.2) is 23.5 Å². The first-order valence-electron chi connectivity index (χ1n) is 4.43. The third-order valence-electron chi connectivity index (χ3n) is 1.89. The van der Waals surface area contributed by atoms with Gasteiger partial charge in [-0.25, -0.2) is 4.79 Å². The summed E-state index contributed by atoms with van der Waals surface area (Å²) in [5.74, 6) is 0.459. The highest BCUT2D eigenvalue weighted by Gasteiger charge is 2.12. The molecule has 0 aromatic carbocycles. The minimum Gasteiger partial charge on any atom is -0.428 e. The van der Waals surface area contributed by atoms with Crippen LogP contribution in [0, 0.1) is 0 Å². The topological polar surface area (TPSA) is 46.5 Å². The second-order valence-electron chi connectivity index (χ2n) is 3.00. The molecule has 0 radical (unpaired) electrons. The highest BCUT2D eigenvalue weighted by atomic mass is 16.5.